The SMILES string of the molecule is CCCCCCCC(=O)C(=O)C(C)=O. The van der Waals surface area contributed by atoms with Crippen molar-refractivity contribution in [2.75, 3.05) is 0 Å². The van der Waals surface area contributed by atoms with Gasteiger partial charge in [-0.2, -0.15) is 0 Å². The number of Topliss-reactive ketones (excluding diaryl/α,β-unsaturated/α-hetero) is 3. The summed E-state index contributed by atoms with van der Waals surface area (Å²) in [5, 5.41) is 0. The zero-order valence-corrected chi connectivity index (χ0v) is 8.97. The van der Waals surface area contributed by atoms with Gasteiger partial charge in [0.2, 0.25) is 11.6 Å². The molecule has 0 unspecified atom stereocenters. The van der Waals surface area contributed by atoms with Crippen LogP contribution in [-0.4, -0.2) is 17.3 Å². The second-order valence-corrected chi connectivity index (χ2v) is 3.47. The number of unbranched alkanes of at least 4 members (excludes halogenated alkanes) is 4. The molecule has 0 aromatic carbocycles. The summed E-state index contributed by atoms with van der Waals surface area (Å²) in [5.74, 6) is -2.03. The van der Waals surface area contributed by atoms with Gasteiger partial charge in [0.25, 0.3) is 5.78 Å². The smallest absolute Gasteiger partial charge is 0.263 e. The van der Waals surface area contributed by atoms with Crippen molar-refractivity contribution >= 4 is 17.3 Å². The highest BCUT2D eigenvalue weighted by Gasteiger charge is 2.17. The number of ketones is 3. The number of hydrogen-bond donors (Lipinski definition) is 0. The molecule has 0 rings (SSSR count). The maximum absolute atomic E-state index is 11.0. The summed E-state index contributed by atoms with van der Waals surface area (Å²) in [6.45, 7) is 3.25. The van der Waals surface area contributed by atoms with Crippen LogP contribution in [0.25, 0.3) is 0 Å². The average molecular weight is 198 g/mol. The lowest BCUT2D eigenvalue weighted by atomic mass is 10.1. The van der Waals surface area contributed by atoms with Crippen molar-refractivity contribution in [3.05, 3.63) is 0 Å². The Bertz CT molecular complexity index is 219. The van der Waals surface area contributed by atoms with Crippen molar-refractivity contribution in [2.24, 2.45) is 0 Å². The molecule has 0 bridgehead atoms. The zero-order chi connectivity index (χ0) is 11.0. The lowest BCUT2D eigenvalue weighted by Gasteiger charge is -1.98. The largest absolute Gasteiger partial charge is 0.291 e. The average Bonchev–Trinajstić information content (AvgIpc) is 2.16. The summed E-state index contributed by atoms with van der Waals surface area (Å²) in [7, 11) is 0. The molecule has 14 heavy (non-hydrogen) atoms. The van der Waals surface area contributed by atoms with Crippen LogP contribution in [0.3, 0.4) is 0 Å². The highest BCUT2D eigenvalue weighted by molar-refractivity contribution is 6.63. The molecule has 0 aliphatic rings. The summed E-state index contributed by atoms with van der Waals surface area (Å²) in [6.07, 6.45) is 5.32. The predicted octanol–water partition coefficient (Wildman–Crippen LogP) is 2.07. The Balaban J connectivity index is 3.54. The van der Waals surface area contributed by atoms with E-state index in [1.54, 1.807) is 0 Å². The molecule has 0 saturated heterocycles. The van der Waals surface area contributed by atoms with Gasteiger partial charge >= 0.3 is 0 Å². The molecule has 0 aliphatic carbocycles. The second kappa shape index (κ2) is 7.42. The van der Waals surface area contributed by atoms with Crippen molar-refractivity contribution < 1.29 is 14.4 Å². The van der Waals surface area contributed by atoms with Crippen LogP contribution in [0.1, 0.15) is 52.4 Å². The molecule has 0 N–H and O–H groups in total. The van der Waals surface area contributed by atoms with E-state index in [2.05, 4.69) is 6.92 Å². The van der Waals surface area contributed by atoms with Crippen LogP contribution in [0, 0.1) is 0 Å². The molecule has 0 spiro atoms. The molecule has 0 atom stereocenters. The van der Waals surface area contributed by atoms with Crippen LogP contribution in [0.15, 0.2) is 0 Å². The minimum absolute atomic E-state index is 0.224. The standard InChI is InChI=1S/C11H18O3/c1-3-4-5-6-7-8-10(13)11(14)9(2)12/h3-8H2,1-2H3. The maximum atomic E-state index is 11.0. The summed E-state index contributed by atoms with van der Waals surface area (Å²) < 4.78 is 0. The summed E-state index contributed by atoms with van der Waals surface area (Å²) >= 11 is 0. The van der Waals surface area contributed by atoms with Crippen molar-refractivity contribution in [1.29, 1.82) is 0 Å². The molecular formula is C11H18O3. The summed E-state index contributed by atoms with van der Waals surface area (Å²) in [4.78, 5) is 32.5. The first-order valence-electron chi connectivity index (χ1n) is 5.17. The van der Waals surface area contributed by atoms with Gasteiger partial charge in [-0.15, -0.1) is 0 Å². The molecule has 0 amide bonds. The molecule has 0 aromatic rings. The Morgan fingerprint density at radius 2 is 1.50 bits per heavy atom. The van der Waals surface area contributed by atoms with Gasteiger partial charge in [0.05, 0.1) is 0 Å². The first-order valence-corrected chi connectivity index (χ1v) is 5.17. The lowest BCUT2D eigenvalue weighted by Crippen LogP contribution is -2.20. The van der Waals surface area contributed by atoms with Crippen molar-refractivity contribution in [2.45, 2.75) is 52.4 Å². The molecule has 0 saturated carbocycles. The number of carbonyl (C=O) groups is 3. The van der Waals surface area contributed by atoms with E-state index in [-0.39, 0.29) is 6.42 Å². The molecule has 80 valence electrons. The normalized spacial score (nSPS) is 9.86. The molecule has 0 radical (unpaired) electrons. The molecule has 0 aromatic heterocycles. The van der Waals surface area contributed by atoms with E-state index >= 15 is 0 Å². The monoisotopic (exact) mass is 198 g/mol. The van der Waals surface area contributed by atoms with Crippen LogP contribution < -0.4 is 0 Å². The maximum Gasteiger partial charge on any atom is 0.263 e. The second-order valence-electron chi connectivity index (χ2n) is 3.47. The Kier molecular flexibility index (Phi) is 6.89. The molecule has 0 fully saturated rings. The Morgan fingerprint density at radius 3 is 2.00 bits per heavy atom. The van der Waals surface area contributed by atoms with Crippen LogP contribution in [0.2, 0.25) is 0 Å². The highest BCUT2D eigenvalue weighted by atomic mass is 16.2. The first-order chi connectivity index (χ1) is 6.59. The fraction of sp³-hybridized carbons (Fsp3) is 0.727. The van der Waals surface area contributed by atoms with Crippen LogP contribution >= 0.6 is 0 Å². The van der Waals surface area contributed by atoms with E-state index < -0.39 is 17.3 Å². The van der Waals surface area contributed by atoms with Gasteiger partial charge < -0.3 is 0 Å². The third-order valence-electron chi connectivity index (χ3n) is 2.08. The molecular weight excluding hydrogens is 180 g/mol. The van der Waals surface area contributed by atoms with Crippen LogP contribution in [0.4, 0.5) is 0 Å². The predicted molar refractivity (Wildman–Crippen MR) is 54.1 cm³/mol. The topological polar surface area (TPSA) is 51.2 Å². The van der Waals surface area contributed by atoms with E-state index in [1.807, 2.05) is 0 Å². The lowest BCUT2D eigenvalue weighted by molar-refractivity contribution is -0.143. The molecule has 3 nitrogen and oxygen atoms in total. The Labute approximate surface area is 84.9 Å². The van der Waals surface area contributed by atoms with Crippen molar-refractivity contribution in [3.8, 4) is 0 Å². The van der Waals surface area contributed by atoms with E-state index in [0.29, 0.717) is 0 Å². The first kappa shape index (κ1) is 13.0. The fourth-order valence-electron chi connectivity index (χ4n) is 1.20. The Morgan fingerprint density at radius 1 is 0.929 bits per heavy atom. The van der Waals surface area contributed by atoms with E-state index in [4.69, 9.17) is 0 Å². The van der Waals surface area contributed by atoms with E-state index in [0.717, 1.165) is 39.0 Å². The van der Waals surface area contributed by atoms with Gasteiger partial charge in [0.15, 0.2) is 0 Å². The Hall–Kier alpha value is -0.990. The number of hydrogen-bond acceptors (Lipinski definition) is 3. The third kappa shape index (κ3) is 5.62. The van der Waals surface area contributed by atoms with Crippen LogP contribution in [-0.2, 0) is 14.4 Å². The van der Waals surface area contributed by atoms with Gasteiger partial charge in [0, 0.05) is 13.3 Å². The van der Waals surface area contributed by atoms with E-state index in [1.165, 1.54) is 0 Å². The molecule has 0 aliphatic heterocycles. The van der Waals surface area contributed by atoms with E-state index in [9.17, 15) is 14.4 Å². The quantitative estimate of drug-likeness (QED) is 0.341. The number of rotatable bonds is 8. The minimum Gasteiger partial charge on any atom is -0.291 e. The molecule has 3 heteroatoms. The van der Waals surface area contributed by atoms with Gasteiger partial charge in [0.1, 0.15) is 0 Å². The highest BCUT2D eigenvalue weighted by Crippen LogP contribution is 2.05. The summed E-state index contributed by atoms with van der Waals surface area (Å²) in [6, 6.07) is 0. The van der Waals surface area contributed by atoms with Crippen molar-refractivity contribution in [1.82, 2.24) is 0 Å². The molecule has 0 heterocycles. The van der Waals surface area contributed by atoms with Gasteiger partial charge in [-0.25, -0.2) is 0 Å². The van der Waals surface area contributed by atoms with Crippen LogP contribution in [0.5, 0.6) is 0 Å². The zero-order valence-electron chi connectivity index (χ0n) is 8.97. The van der Waals surface area contributed by atoms with Crippen molar-refractivity contribution in [3.63, 3.8) is 0 Å². The number of carbonyl (C=O) groups excluding carboxylic acids is 3. The van der Waals surface area contributed by atoms with Gasteiger partial charge in [-0.05, 0) is 6.42 Å². The fourth-order valence-corrected chi connectivity index (χ4v) is 1.20. The third-order valence-corrected chi connectivity index (χ3v) is 2.08. The van der Waals surface area contributed by atoms with Gasteiger partial charge in [-0.3, -0.25) is 14.4 Å². The van der Waals surface area contributed by atoms with Gasteiger partial charge in [-0.1, -0.05) is 32.6 Å². The minimum atomic E-state index is -0.847. The summed E-state index contributed by atoms with van der Waals surface area (Å²) in [5.41, 5.74) is 0.